The first kappa shape index (κ1) is 30.9. The van der Waals surface area contributed by atoms with Crippen molar-refractivity contribution >= 4 is 11.4 Å². The van der Waals surface area contributed by atoms with Crippen LogP contribution in [0.25, 0.3) is 0 Å². The summed E-state index contributed by atoms with van der Waals surface area (Å²) in [6.45, 7) is 6.99. The van der Waals surface area contributed by atoms with Crippen molar-refractivity contribution in [1.82, 2.24) is 0 Å². The zero-order valence-electron chi connectivity index (χ0n) is 26.7. The van der Waals surface area contributed by atoms with Crippen LogP contribution in [0.3, 0.4) is 0 Å². The Balaban J connectivity index is 1.46. The molecule has 43 heavy (non-hydrogen) atoms. The summed E-state index contributed by atoms with van der Waals surface area (Å²) in [5.74, 6) is 1.61. The highest BCUT2D eigenvalue weighted by atomic mass is 14.5. The lowest BCUT2D eigenvalue weighted by molar-refractivity contribution is 0.280. The topological polar surface area (TPSA) is 52.0 Å². The molecule has 0 radical (unpaired) electrons. The van der Waals surface area contributed by atoms with Gasteiger partial charge in [-0.15, -0.1) is 0 Å². The van der Waals surface area contributed by atoms with Gasteiger partial charge in [0.05, 0.1) is 0 Å². The number of anilines is 2. The maximum Gasteiger partial charge on any atom is 0.0314 e. The molecule has 0 amide bonds. The average Bonchev–Trinajstić information content (AvgIpc) is 3.04. The number of benzene rings is 4. The Bertz CT molecular complexity index is 1290. The van der Waals surface area contributed by atoms with Crippen molar-refractivity contribution < 1.29 is 0 Å². The van der Waals surface area contributed by atoms with E-state index in [1.165, 1.54) is 84.7 Å². The molecule has 0 bridgehead atoms. The second-order valence-corrected chi connectivity index (χ2v) is 13.2. The number of hydrogen-bond donors (Lipinski definition) is 2. The van der Waals surface area contributed by atoms with E-state index in [-0.39, 0.29) is 5.41 Å². The lowest BCUT2D eigenvalue weighted by Crippen LogP contribution is -2.32. The summed E-state index contributed by atoms with van der Waals surface area (Å²) >= 11 is 0. The lowest BCUT2D eigenvalue weighted by Gasteiger charge is -2.41. The van der Waals surface area contributed by atoms with Gasteiger partial charge in [-0.25, -0.2) is 0 Å². The Labute approximate surface area is 260 Å². The van der Waals surface area contributed by atoms with Crippen LogP contribution in [0.2, 0.25) is 0 Å². The van der Waals surface area contributed by atoms with Gasteiger partial charge in [-0.2, -0.15) is 0 Å². The van der Waals surface area contributed by atoms with E-state index in [4.69, 9.17) is 11.5 Å². The van der Waals surface area contributed by atoms with Gasteiger partial charge in [0.15, 0.2) is 0 Å². The molecule has 0 heterocycles. The number of nitrogens with two attached hydrogens (primary N) is 2. The molecule has 226 valence electrons. The highest BCUT2D eigenvalue weighted by Gasteiger charge is 2.37. The van der Waals surface area contributed by atoms with E-state index in [2.05, 4.69) is 93.6 Å². The van der Waals surface area contributed by atoms with Crippen LogP contribution < -0.4 is 11.5 Å². The van der Waals surface area contributed by atoms with E-state index in [1.54, 1.807) is 0 Å². The van der Waals surface area contributed by atoms with Crippen molar-refractivity contribution in [2.45, 2.75) is 102 Å². The van der Waals surface area contributed by atoms with Gasteiger partial charge in [-0.05, 0) is 102 Å². The monoisotopic (exact) mass is 572 g/mol. The first-order valence-corrected chi connectivity index (χ1v) is 16.8. The van der Waals surface area contributed by atoms with E-state index < -0.39 is 0 Å². The zero-order valence-corrected chi connectivity index (χ0v) is 26.7. The van der Waals surface area contributed by atoms with Crippen LogP contribution in [0.1, 0.15) is 130 Å². The fourth-order valence-electron chi connectivity index (χ4n) is 7.39. The Hall–Kier alpha value is -3.52. The molecule has 2 unspecified atom stereocenters. The van der Waals surface area contributed by atoms with Gasteiger partial charge in [0, 0.05) is 28.6 Å². The normalized spacial score (nSPS) is 20.0. The second-order valence-electron chi connectivity index (χ2n) is 13.2. The SMILES string of the molecule is CCCCC(c1ccc(N)cc1)c1ccc(C2(c3ccc(C(CCCC)c4ccc(N)cc4)cc3)CCC(C)CC2)cc1. The smallest absolute Gasteiger partial charge is 0.0314 e. The summed E-state index contributed by atoms with van der Waals surface area (Å²) in [6.07, 6.45) is 12.2. The molecule has 2 atom stereocenters. The molecular weight excluding hydrogens is 520 g/mol. The molecular formula is C41H52N2. The Morgan fingerprint density at radius 2 is 0.884 bits per heavy atom. The Morgan fingerprint density at radius 1 is 0.558 bits per heavy atom. The molecule has 4 aromatic carbocycles. The van der Waals surface area contributed by atoms with Crippen LogP contribution in [0.5, 0.6) is 0 Å². The summed E-state index contributed by atoms with van der Waals surface area (Å²) in [4.78, 5) is 0. The summed E-state index contributed by atoms with van der Waals surface area (Å²) in [5, 5.41) is 0. The molecule has 2 heteroatoms. The van der Waals surface area contributed by atoms with Gasteiger partial charge in [0.2, 0.25) is 0 Å². The molecule has 4 aromatic rings. The van der Waals surface area contributed by atoms with Crippen molar-refractivity contribution in [3.8, 4) is 0 Å². The zero-order chi connectivity index (χ0) is 30.2. The van der Waals surface area contributed by atoms with Crippen molar-refractivity contribution in [2.24, 2.45) is 5.92 Å². The summed E-state index contributed by atoms with van der Waals surface area (Å²) in [5.41, 5.74) is 22.3. The van der Waals surface area contributed by atoms with E-state index in [0.717, 1.165) is 30.1 Å². The molecule has 5 rings (SSSR count). The predicted molar refractivity (Wildman–Crippen MR) is 186 cm³/mol. The fourth-order valence-corrected chi connectivity index (χ4v) is 7.39. The van der Waals surface area contributed by atoms with E-state index in [0.29, 0.717) is 11.8 Å². The molecule has 0 spiro atoms. The van der Waals surface area contributed by atoms with Crippen LogP contribution in [0.4, 0.5) is 11.4 Å². The van der Waals surface area contributed by atoms with Crippen LogP contribution in [-0.2, 0) is 5.41 Å². The van der Waals surface area contributed by atoms with Gasteiger partial charge in [-0.1, -0.05) is 119 Å². The minimum Gasteiger partial charge on any atom is -0.399 e. The predicted octanol–water partition coefficient (Wildman–Crippen LogP) is 11.0. The summed E-state index contributed by atoms with van der Waals surface area (Å²) in [7, 11) is 0. The summed E-state index contributed by atoms with van der Waals surface area (Å²) in [6, 6.07) is 36.5. The molecule has 2 nitrogen and oxygen atoms in total. The van der Waals surface area contributed by atoms with Crippen molar-refractivity contribution in [2.75, 3.05) is 11.5 Å². The molecule has 0 aliphatic heterocycles. The maximum absolute atomic E-state index is 6.03. The molecule has 1 fully saturated rings. The Kier molecular flexibility index (Phi) is 10.3. The van der Waals surface area contributed by atoms with E-state index in [1.807, 2.05) is 24.3 Å². The maximum atomic E-state index is 6.03. The third-order valence-electron chi connectivity index (χ3n) is 10.2. The number of hydrogen-bond acceptors (Lipinski definition) is 2. The second kappa shape index (κ2) is 14.3. The van der Waals surface area contributed by atoms with E-state index in [9.17, 15) is 0 Å². The van der Waals surface area contributed by atoms with Gasteiger partial charge in [0.25, 0.3) is 0 Å². The molecule has 1 saturated carbocycles. The third kappa shape index (κ3) is 7.18. The minimum atomic E-state index is 0.0732. The molecule has 0 saturated heterocycles. The number of unbranched alkanes of at least 4 members (excludes halogenated alkanes) is 2. The quantitative estimate of drug-likeness (QED) is 0.166. The van der Waals surface area contributed by atoms with Gasteiger partial charge in [0.1, 0.15) is 0 Å². The highest BCUT2D eigenvalue weighted by Crippen LogP contribution is 2.47. The fraction of sp³-hybridized carbons (Fsp3) is 0.415. The van der Waals surface area contributed by atoms with Crippen LogP contribution in [-0.4, -0.2) is 0 Å². The number of nitrogen functional groups attached to an aromatic ring is 2. The Morgan fingerprint density at radius 3 is 1.21 bits per heavy atom. The van der Waals surface area contributed by atoms with Gasteiger partial charge in [-0.3, -0.25) is 0 Å². The first-order chi connectivity index (χ1) is 20.9. The molecule has 1 aliphatic rings. The van der Waals surface area contributed by atoms with Crippen LogP contribution in [0.15, 0.2) is 97.1 Å². The minimum absolute atomic E-state index is 0.0732. The first-order valence-electron chi connectivity index (χ1n) is 16.8. The van der Waals surface area contributed by atoms with Crippen LogP contribution >= 0.6 is 0 Å². The van der Waals surface area contributed by atoms with Gasteiger partial charge >= 0.3 is 0 Å². The average molecular weight is 573 g/mol. The third-order valence-corrected chi connectivity index (χ3v) is 10.2. The van der Waals surface area contributed by atoms with Crippen molar-refractivity contribution in [3.05, 3.63) is 130 Å². The van der Waals surface area contributed by atoms with E-state index >= 15 is 0 Å². The van der Waals surface area contributed by atoms with Gasteiger partial charge < -0.3 is 11.5 Å². The largest absolute Gasteiger partial charge is 0.399 e. The molecule has 0 aromatic heterocycles. The lowest BCUT2D eigenvalue weighted by atomic mass is 9.63. The molecule has 4 N–H and O–H groups in total. The highest BCUT2D eigenvalue weighted by molar-refractivity contribution is 5.47. The summed E-state index contributed by atoms with van der Waals surface area (Å²) < 4.78 is 0. The molecule has 1 aliphatic carbocycles. The van der Waals surface area contributed by atoms with Crippen LogP contribution in [0, 0.1) is 5.92 Å². The van der Waals surface area contributed by atoms with Crippen molar-refractivity contribution in [1.29, 1.82) is 0 Å². The standard InChI is InChI=1S/C41H52N2/c1-4-6-8-39(33-14-22-37(42)23-15-33)31-10-18-35(19-11-31)41(28-26-30(3)27-29-41)36-20-12-32(13-21-36)40(9-7-5-2)34-16-24-38(43)25-17-34/h10-25,30,39-40H,4-9,26-29,42-43H2,1-3H3. The van der Waals surface area contributed by atoms with Crippen molar-refractivity contribution in [3.63, 3.8) is 0 Å². The number of rotatable bonds is 12.